The summed E-state index contributed by atoms with van der Waals surface area (Å²) in [6.45, 7) is 0. The Morgan fingerprint density at radius 2 is 2.18 bits per heavy atom. The summed E-state index contributed by atoms with van der Waals surface area (Å²) in [5, 5.41) is 9.33. The van der Waals surface area contributed by atoms with Gasteiger partial charge in [-0.1, -0.05) is 6.07 Å². The Bertz CT molecular complexity index is 650. The zero-order chi connectivity index (χ0) is 12.4. The van der Waals surface area contributed by atoms with E-state index in [1.807, 2.05) is 37.2 Å². The number of aromatic nitrogens is 1. The van der Waals surface area contributed by atoms with Crippen molar-refractivity contribution >= 4 is 16.6 Å². The van der Waals surface area contributed by atoms with Gasteiger partial charge in [-0.2, -0.15) is 5.26 Å². The lowest BCUT2D eigenvalue weighted by Gasteiger charge is -2.15. The van der Waals surface area contributed by atoms with Crippen LogP contribution in [-0.4, -0.2) is 19.1 Å². The van der Waals surface area contributed by atoms with Gasteiger partial charge in [-0.3, -0.25) is 4.79 Å². The molecule has 4 heteroatoms. The van der Waals surface area contributed by atoms with Crippen LogP contribution in [0.1, 0.15) is 5.69 Å². The third-order valence-electron chi connectivity index (χ3n) is 2.65. The smallest absolute Gasteiger partial charge is 0.189 e. The molecular weight excluding hydrogens is 214 g/mol. The Morgan fingerprint density at radius 3 is 2.82 bits per heavy atom. The van der Waals surface area contributed by atoms with E-state index in [1.54, 1.807) is 6.07 Å². The van der Waals surface area contributed by atoms with Crippen molar-refractivity contribution in [3.63, 3.8) is 0 Å². The molecule has 0 radical (unpaired) electrons. The number of H-pyrrole nitrogens is 1. The minimum atomic E-state index is -0.0484. The first-order valence-corrected chi connectivity index (χ1v) is 5.32. The monoisotopic (exact) mass is 227 g/mol. The van der Waals surface area contributed by atoms with E-state index < -0.39 is 0 Å². The van der Waals surface area contributed by atoms with E-state index in [-0.39, 0.29) is 11.8 Å². The van der Waals surface area contributed by atoms with Crippen LogP contribution < -0.4 is 10.3 Å². The summed E-state index contributed by atoms with van der Waals surface area (Å²) < 4.78 is 0. The van der Waals surface area contributed by atoms with Gasteiger partial charge in [0.15, 0.2) is 5.43 Å². The summed E-state index contributed by atoms with van der Waals surface area (Å²) in [7, 11) is 3.84. The van der Waals surface area contributed by atoms with Crippen LogP contribution in [0.15, 0.2) is 29.1 Å². The van der Waals surface area contributed by atoms with Gasteiger partial charge in [0.05, 0.1) is 23.7 Å². The average Bonchev–Trinajstić information content (AvgIpc) is 2.28. The molecule has 0 aliphatic carbocycles. The van der Waals surface area contributed by atoms with Gasteiger partial charge in [0.2, 0.25) is 0 Å². The molecule has 1 heterocycles. The van der Waals surface area contributed by atoms with Crippen LogP contribution in [0, 0.1) is 11.3 Å². The van der Waals surface area contributed by atoms with Crippen LogP contribution in [0.25, 0.3) is 10.9 Å². The van der Waals surface area contributed by atoms with E-state index in [2.05, 4.69) is 4.98 Å². The van der Waals surface area contributed by atoms with Gasteiger partial charge < -0.3 is 9.88 Å². The summed E-state index contributed by atoms with van der Waals surface area (Å²) in [4.78, 5) is 17.0. The molecule has 2 aromatic rings. The van der Waals surface area contributed by atoms with Crippen molar-refractivity contribution < 1.29 is 0 Å². The molecule has 0 spiro atoms. The molecule has 0 bridgehead atoms. The molecule has 0 saturated carbocycles. The quantitative estimate of drug-likeness (QED) is 0.848. The van der Waals surface area contributed by atoms with Crippen molar-refractivity contribution in [1.29, 1.82) is 5.26 Å². The maximum absolute atomic E-state index is 11.9. The van der Waals surface area contributed by atoms with E-state index in [0.717, 1.165) is 11.2 Å². The number of benzene rings is 1. The minimum absolute atomic E-state index is 0.0484. The summed E-state index contributed by atoms with van der Waals surface area (Å²) in [5.74, 6) is 0. The number of hydrogen-bond donors (Lipinski definition) is 1. The number of nitrogens with zero attached hydrogens (tertiary/aromatic N) is 2. The number of fused-ring (bicyclic) bond motifs is 1. The molecule has 0 atom stereocenters. The third kappa shape index (κ3) is 2.00. The first-order valence-electron chi connectivity index (χ1n) is 5.32. The lowest BCUT2D eigenvalue weighted by Crippen LogP contribution is -2.12. The minimum Gasteiger partial charge on any atom is -0.376 e. The molecule has 0 unspecified atom stereocenters. The van der Waals surface area contributed by atoms with Crippen LogP contribution in [-0.2, 0) is 6.42 Å². The van der Waals surface area contributed by atoms with E-state index in [9.17, 15) is 4.79 Å². The highest BCUT2D eigenvalue weighted by Crippen LogP contribution is 2.21. The zero-order valence-electron chi connectivity index (χ0n) is 9.82. The van der Waals surface area contributed by atoms with Crippen molar-refractivity contribution in [1.82, 2.24) is 4.98 Å². The maximum Gasteiger partial charge on any atom is 0.189 e. The molecular formula is C13H13N3O. The Kier molecular flexibility index (Phi) is 2.84. The Balaban J connectivity index is 2.79. The first-order chi connectivity index (χ1) is 8.13. The second-order valence-electron chi connectivity index (χ2n) is 4.09. The molecule has 0 aliphatic rings. The van der Waals surface area contributed by atoms with Gasteiger partial charge >= 0.3 is 0 Å². The van der Waals surface area contributed by atoms with E-state index in [1.165, 1.54) is 6.07 Å². The van der Waals surface area contributed by atoms with Gasteiger partial charge in [0.25, 0.3) is 0 Å². The van der Waals surface area contributed by atoms with Crippen molar-refractivity contribution in [2.75, 3.05) is 19.0 Å². The van der Waals surface area contributed by atoms with E-state index >= 15 is 0 Å². The summed E-state index contributed by atoms with van der Waals surface area (Å²) >= 11 is 0. The summed E-state index contributed by atoms with van der Waals surface area (Å²) in [6.07, 6.45) is 0.215. The molecule has 1 aromatic carbocycles. The predicted octanol–water partition coefficient (Wildman–Crippen LogP) is 1.66. The molecule has 86 valence electrons. The Labute approximate surface area is 99.1 Å². The fourth-order valence-electron chi connectivity index (χ4n) is 1.86. The molecule has 1 N–H and O–H groups in total. The number of nitrogens with one attached hydrogen (secondary N) is 1. The van der Waals surface area contributed by atoms with Gasteiger partial charge in [-0.05, 0) is 12.1 Å². The number of pyridine rings is 1. The van der Waals surface area contributed by atoms with Gasteiger partial charge in [-0.15, -0.1) is 0 Å². The van der Waals surface area contributed by atoms with Crippen molar-refractivity contribution in [3.05, 3.63) is 40.2 Å². The van der Waals surface area contributed by atoms with Crippen molar-refractivity contribution in [2.24, 2.45) is 0 Å². The molecule has 0 fully saturated rings. The number of hydrogen-bond acceptors (Lipinski definition) is 3. The predicted molar refractivity (Wildman–Crippen MR) is 68.2 cm³/mol. The molecule has 0 amide bonds. The van der Waals surface area contributed by atoms with Gasteiger partial charge in [0.1, 0.15) is 0 Å². The van der Waals surface area contributed by atoms with E-state index in [4.69, 9.17) is 5.26 Å². The normalized spacial score (nSPS) is 10.2. The van der Waals surface area contributed by atoms with Crippen LogP contribution in [0.5, 0.6) is 0 Å². The Morgan fingerprint density at radius 1 is 1.41 bits per heavy atom. The largest absolute Gasteiger partial charge is 0.376 e. The lowest BCUT2D eigenvalue weighted by atomic mass is 10.1. The topological polar surface area (TPSA) is 59.9 Å². The standard InChI is InChI=1S/C13H13N3O/c1-16(2)11-5-3-4-10-12(17)8-9(6-7-14)15-13(10)11/h3-5,8H,6H2,1-2H3,(H,15,17). The zero-order valence-corrected chi connectivity index (χ0v) is 9.82. The molecule has 0 aliphatic heterocycles. The highest BCUT2D eigenvalue weighted by Gasteiger charge is 2.07. The number of rotatable bonds is 2. The Hall–Kier alpha value is -2.28. The molecule has 0 saturated heterocycles. The molecule has 4 nitrogen and oxygen atoms in total. The lowest BCUT2D eigenvalue weighted by molar-refractivity contribution is 1.11. The number of anilines is 1. The van der Waals surface area contributed by atoms with Crippen LogP contribution >= 0.6 is 0 Å². The molecule has 2 rings (SSSR count). The third-order valence-corrected chi connectivity index (χ3v) is 2.65. The second kappa shape index (κ2) is 4.30. The van der Waals surface area contributed by atoms with Crippen LogP contribution in [0.3, 0.4) is 0 Å². The summed E-state index contributed by atoms with van der Waals surface area (Å²) in [5.41, 5.74) is 2.33. The highest BCUT2D eigenvalue weighted by molar-refractivity contribution is 5.90. The number of para-hydroxylation sites is 1. The number of nitriles is 1. The van der Waals surface area contributed by atoms with Gasteiger partial charge in [0, 0.05) is 31.2 Å². The van der Waals surface area contributed by atoms with Crippen LogP contribution in [0.2, 0.25) is 0 Å². The second-order valence-corrected chi connectivity index (χ2v) is 4.09. The fourth-order valence-corrected chi connectivity index (χ4v) is 1.86. The van der Waals surface area contributed by atoms with Gasteiger partial charge in [-0.25, -0.2) is 0 Å². The SMILES string of the molecule is CN(C)c1cccc2c(=O)cc(CC#N)[nH]c12. The average molecular weight is 227 g/mol. The highest BCUT2D eigenvalue weighted by atomic mass is 16.1. The van der Waals surface area contributed by atoms with E-state index in [0.29, 0.717) is 11.1 Å². The van der Waals surface area contributed by atoms with Crippen molar-refractivity contribution in [2.45, 2.75) is 6.42 Å². The summed E-state index contributed by atoms with van der Waals surface area (Å²) in [6, 6.07) is 9.12. The maximum atomic E-state index is 11.9. The molecule has 1 aromatic heterocycles. The van der Waals surface area contributed by atoms with Crippen molar-refractivity contribution in [3.8, 4) is 6.07 Å². The fraction of sp³-hybridized carbons (Fsp3) is 0.231. The number of aromatic amines is 1. The molecule has 17 heavy (non-hydrogen) atoms. The van der Waals surface area contributed by atoms with Crippen LogP contribution in [0.4, 0.5) is 5.69 Å². The first kappa shape index (κ1) is 11.2.